The van der Waals surface area contributed by atoms with E-state index < -0.39 is 18.3 Å². The van der Waals surface area contributed by atoms with Crippen molar-refractivity contribution < 1.29 is 14.6 Å². The predicted molar refractivity (Wildman–Crippen MR) is 134 cm³/mol. The summed E-state index contributed by atoms with van der Waals surface area (Å²) < 4.78 is 5.40. The van der Waals surface area contributed by atoms with Crippen LogP contribution in [-0.4, -0.2) is 32.6 Å². The van der Waals surface area contributed by atoms with Crippen LogP contribution in [0, 0.1) is 11.3 Å². The SMILES string of the molecule is N#CC(=C(O)COC(=O)c1cc(-c2ccccc2Cl)nc2ccccc12)c1nc2ccccc2[nH]1. The number of pyridine rings is 1. The molecule has 3 aromatic carbocycles. The van der Waals surface area contributed by atoms with Crippen LogP contribution in [-0.2, 0) is 4.74 Å². The van der Waals surface area contributed by atoms with Gasteiger partial charge in [-0.05, 0) is 30.3 Å². The highest BCUT2D eigenvalue weighted by atomic mass is 35.5. The Bertz CT molecular complexity index is 1630. The molecule has 0 radical (unpaired) electrons. The van der Waals surface area contributed by atoms with Gasteiger partial charge in [-0.25, -0.2) is 14.8 Å². The zero-order valence-electron chi connectivity index (χ0n) is 18.2. The highest BCUT2D eigenvalue weighted by molar-refractivity contribution is 6.33. The number of nitriles is 1. The Labute approximate surface area is 204 Å². The molecule has 5 aromatic rings. The van der Waals surface area contributed by atoms with E-state index in [1.807, 2.05) is 48.5 Å². The number of nitrogens with one attached hydrogen (secondary N) is 1. The molecular weight excluding hydrogens is 464 g/mol. The minimum atomic E-state index is -0.676. The molecule has 0 unspecified atom stereocenters. The second kappa shape index (κ2) is 9.29. The molecule has 0 aliphatic rings. The molecule has 0 aliphatic heterocycles. The molecule has 2 aromatic heterocycles. The van der Waals surface area contributed by atoms with Gasteiger partial charge in [0.15, 0.2) is 11.6 Å². The summed E-state index contributed by atoms with van der Waals surface area (Å²) in [6, 6.07) is 25.2. The number of aliphatic hydroxyl groups is 1. The standard InChI is InChI=1S/C27H17ClN4O3/c28-20-9-3-1-8-17(20)24-13-18(16-7-2-4-10-21(16)30-24)27(34)35-15-25(33)19(14-29)26-31-22-11-5-6-12-23(22)32-26/h1-13,33H,15H2,(H,31,32). The van der Waals surface area contributed by atoms with Gasteiger partial charge in [-0.15, -0.1) is 0 Å². The van der Waals surface area contributed by atoms with Crippen molar-refractivity contribution in [2.75, 3.05) is 6.61 Å². The van der Waals surface area contributed by atoms with Gasteiger partial charge in [0.25, 0.3) is 0 Å². The normalized spacial score (nSPS) is 11.8. The third-order valence-corrected chi connectivity index (χ3v) is 5.78. The van der Waals surface area contributed by atoms with Crippen molar-refractivity contribution in [3.63, 3.8) is 0 Å². The first kappa shape index (κ1) is 22.1. The monoisotopic (exact) mass is 480 g/mol. The summed E-state index contributed by atoms with van der Waals surface area (Å²) in [5.41, 5.74) is 3.31. The number of imidazole rings is 1. The minimum absolute atomic E-state index is 0.106. The highest BCUT2D eigenvalue weighted by Crippen LogP contribution is 2.30. The smallest absolute Gasteiger partial charge is 0.339 e. The number of aromatic amines is 1. The van der Waals surface area contributed by atoms with E-state index in [-0.39, 0.29) is 17.0 Å². The molecule has 2 heterocycles. The fourth-order valence-corrected chi connectivity index (χ4v) is 3.99. The number of carbonyl (C=O) groups excluding carboxylic acids is 1. The molecule has 0 saturated heterocycles. The van der Waals surface area contributed by atoms with Gasteiger partial charge in [-0.1, -0.05) is 60.1 Å². The minimum Gasteiger partial charge on any atom is -0.507 e. The lowest BCUT2D eigenvalue weighted by Crippen LogP contribution is -2.10. The van der Waals surface area contributed by atoms with Crippen molar-refractivity contribution in [1.82, 2.24) is 15.0 Å². The van der Waals surface area contributed by atoms with E-state index in [0.717, 1.165) is 5.52 Å². The number of hydrogen-bond acceptors (Lipinski definition) is 6. The van der Waals surface area contributed by atoms with Gasteiger partial charge in [-0.2, -0.15) is 5.26 Å². The Balaban J connectivity index is 1.47. The second-order valence-corrected chi connectivity index (χ2v) is 8.07. The van der Waals surface area contributed by atoms with Gasteiger partial charge in [0.2, 0.25) is 0 Å². The van der Waals surface area contributed by atoms with Crippen LogP contribution >= 0.6 is 11.6 Å². The number of hydrogen-bond donors (Lipinski definition) is 2. The van der Waals surface area contributed by atoms with Crippen molar-refractivity contribution in [3.05, 3.63) is 101 Å². The number of ether oxygens (including phenoxy) is 1. The molecule has 0 bridgehead atoms. The first-order chi connectivity index (χ1) is 17.0. The number of allylic oxidation sites excluding steroid dienone is 1. The lowest BCUT2D eigenvalue weighted by molar-refractivity contribution is 0.0505. The maximum Gasteiger partial charge on any atom is 0.339 e. The lowest BCUT2D eigenvalue weighted by Gasteiger charge is -2.11. The molecule has 8 heteroatoms. The highest BCUT2D eigenvalue weighted by Gasteiger charge is 2.19. The summed E-state index contributed by atoms with van der Waals surface area (Å²) >= 11 is 6.35. The number of para-hydroxylation sites is 3. The summed E-state index contributed by atoms with van der Waals surface area (Å²) in [5.74, 6) is -0.896. The maximum absolute atomic E-state index is 13.1. The van der Waals surface area contributed by atoms with E-state index in [0.29, 0.717) is 32.7 Å². The number of H-pyrrole nitrogens is 1. The first-order valence-corrected chi connectivity index (χ1v) is 11.0. The summed E-state index contributed by atoms with van der Waals surface area (Å²) in [5, 5.41) is 21.2. The van der Waals surface area contributed by atoms with Gasteiger partial charge in [0.05, 0.1) is 27.8 Å². The summed E-state index contributed by atoms with van der Waals surface area (Å²) in [4.78, 5) is 25.1. The molecule has 0 atom stereocenters. The molecule has 0 spiro atoms. The number of esters is 1. The molecule has 5 rings (SSSR count). The van der Waals surface area contributed by atoms with Gasteiger partial charge >= 0.3 is 5.97 Å². The number of benzene rings is 3. The number of nitrogens with zero attached hydrogens (tertiary/aromatic N) is 3. The van der Waals surface area contributed by atoms with Gasteiger partial charge in [-0.3, -0.25) is 0 Å². The number of rotatable bonds is 5. The molecular formula is C27H17ClN4O3. The average Bonchev–Trinajstić information content (AvgIpc) is 3.31. The number of carbonyl (C=O) groups is 1. The van der Waals surface area contributed by atoms with E-state index in [2.05, 4.69) is 15.0 Å². The number of fused-ring (bicyclic) bond motifs is 2. The van der Waals surface area contributed by atoms with Crippen LogP contribution in [0.15, 0.2) is 84.6 Å². The van der Waals surface area contributed by atoms with Gasteiger partial charge in [0.1, 0.15) is 18.2 Å². The topological polar surface area (TPSA) is 112 Å². The van der Waals surface area contributed by atoms with Crippen LogP contribution < -0.4 is 0 Å². The summed E-state index contributed by atoms with van der Waals surface area (Å²) in [6.45, 7) is -0.503. The molecule has 35 heavy (non-hydrogen) atoms. The van der Waals surface area contributed by atoms with Crippen LogP contribution in [0.1, 0.15) is 16.2 Å². The molecule has 0 fully saturated rings. The molecule has 170 valence electrons. The van der Waals surface area contributed by atoms with Crippen molar-refractivity contribution >= 4 is 45.1 Å². The fraction of sp³-hybridized carbons (Fsp3) is 0.0370. The van der Waals surface area contributed by atoms with E-state index >= 15 is 0 Å². The Morgan fingerprint density at radius 3 is 2.49 bits per heavy atom. The van der Waals surface area contributed by atoms with E-state index in [1.54, 1.807) is 36.4 Å². The number of aromatic nitrogens is 3. The third kappa shape index (κ3) is 4.31. The zero-order chi connectivity index (χ0) is 24.4. The Morgan fingerprint density at radius 2 is 1.71 bits per heavy atom. The Kier molecular flexibility index (Phi) is 5.88. The lowest BCUT2D eigenvalue weighted by atomic mass is 10.0. The number of halogens is 1. The number of aliphatic hydroxyl groups excluding tert-OH is 1. The molecule has 0 amide bonds. The van der Waals surface area contributed by atoms with Crippen molar-refractivity contribution in [3.8, 4) is 17.3 Å². The zero-order valence-corrected chi connectivity index (χ0v) is 19.0. The van der Waals surface area contributed by atoms with E-state index in [4.69, 9.17) is 16.3 Å². The molecule has 0 aliphatic carbocycles. The Morgan fingerprint density at radius 1 is 1.00 bits per heavy atom. The van der Waals surface area contributed by atoms with Crippen LogP contribution in [0.25, 0.3) is 38.8 Å². The quantitative estimate of drug-likeness (QED) is 0.179. The average molecular weight is 481 g/mol. The summed E-state index contributed by atoms with van der Waals surface area (Å²) in [7, 11) is 0. The van der Waals surface area contributed by atoms with Crippen LogP contribution in [0.5, 0.6) is 0 Å². The fourth-order valence-electron chi connectivity index (χ4n) is 3.76. The van der Waals surface area contributed by atoms with E-state index in [1.165, 1.54) is 0 Å². The summed E-state index contributed by atoms with van der Waals surface area (Å²) in [6.07, 6.45) is 0. The van der Waals surface area contributed by atoms with Crippen molar-refractivity contribution in [1.29, 1.82) is 5.26 Å². The predicted octanol–water partition coefficient (Wildman–Crippen LogP) is 6.08. The van der Waals surface area contributed by atoms with E-state index in [9.17, 15) is 15.2 Å². The van der Waals surface area contributed by atoms with Gasteiger partial charge < -0.3 is 14.8 Å². The van der Waals surface area contributed by atoms with Crippen LogP contribution in [0.4, 0.5) is 0 Å². The van der Waals surface area contributed by atoms with Crippen LogP contribution in [0.3, 0.4) is 0 Å². The van der Waals surface area contributed by atoms with Crippen molar-refractivity contribution in [2.24, 2.45) is 0 Å². The molecule has 7 nitrogen and oxygen atoms in total. The Hall–Kier alpha value is -4.67. The largest absolute Gasteiger partial charge is 0.507 e. The third-order valence-electron chi connectivity index (χ3n) is 5.45. The van der Waals surface area contributed by atoms with Crippen LogP contribution in [0.2, 0.25) is 5.02 Å². The molecule has 2 N–H and O–H groups in total. The first-order valence-electron chi connectivity index (χ1n) is 10.6. The second-order valence-electron chi connectivity index (χ2n) is 7.66. The maximum atomic E-state index is 13.1. The van der Waals surface area contributed by atoms with Gasteiger partial charge in [0, 0.05) is 16.0 Å². The van der Waals surface area contributed by atoms with Crippen molar-refractivity contribution in [2.45, 2.75) is 0 Å². The molecule has 0 saturated carbocycles.